The SMILES string of the molecule is CC(=NOC(C)C)c1ccccc1. The van der Waals surface area contributed by atoms with E-state index in [-0.39, 0.29) is 6.10 Å². The summed E-state index contributed by atoms with van der Waals surface area (Å²) in [5.41, 5.74) is 2.01. The molecule has 0 saturated heterocycles. The van der Waals surface area contributed by atoms with Gasteiger partial charge in [0.25, 0.3) is 0 Å². The van der Waals surface area contributed by atoms with Gasteiger partial charge in [-0.1, -0.05) is 35.5 Å². The second kappa shape index (κ2) is 4.65. The van der Waals surface area contributed by atoms with Crippen molar-refractivity contribution in [2.45, 2.75) is 26.9 Å². The third-order valence-electron chi connectivity index (χ3n) is 1.59. The Morgan fingerprint density at radius 2 is 1.85 bits per heavy atom. The molecule has 0 aliphatic carbocycles. The molecule has 0 N–H and O–H groups in total. The van der Waals surface area contributed by atoms with Crippen LogP contribution in [0.25, 0.3) is 0 Å². The minimum atomic E-state index is 0.138. The van der Waals surface area contributed by atoms with Crippen LogP contribution in [0.1, 0.15) is 26.3 Å². The van der Waals surface area contributed by atoms with Gasteiger partial charge in [-0.15, -0.1) is 0 Å². The molecule has 0 aromatic heterocycles. The van der Waals surface area contributed by atoms with Crippen molar-refractivity contribution in [3.8, 4) is 0 Å². The smallest absolute Gasteiger partial charge is 0.122 e. The second-order valence-corrected chi connectivity index (χ2v) is 3.20. The van der Waals surface area contributed by atoms with Crippen LogP contribution in [-0.4, -0.2) is 11.8 Å². The molecule has 0 spiro atoms. The molecule has 1 rings (SSSR count). The summed E-state index contributed by atoms with van der Waals surface area (Å²) in [5.74, 6) is 0. The highest BCUT2D eigenvalue weighted by Crippen LogP contribution is 2.01. The predicted octanol–water partition coefficient (Wildman–Crippen LogP) is 2.84. The molecule has 2 heteroatoms. The lowest BCUT2D eigenvalue weighted by molar-refractivity contribution is 0.0860. The van der Waals surface area contributed by atoms with Crippen LogP contribution in [0, 0.1) is 0 Å². The van der Waals surface area contributed by atoms with E-state index in [1.54, 1.807) is 0 Å². The number of rotatable bonds is 3. The van der Waals surface area contributed by atoms with Crippen molar-refractivity contribution in [3.05, 3.63) is 35.9 Å². The first-order chi connectivity index (χ1) is 6.20. The van der Waals surface area contributed by atoms with Gasteiger partial charge in [-0.2, -0.15) is 0 Å². The Bertz CT molecular complexity index is 277. The van der Waals surface area contributed by atoms with Gasteiger partial charge in [0, 0.05) is 0 Å². The molecule has 0 atom stereocenters. The Morgan fingerprint density at radius 1 is 1.23 bits per heavy atom. The average Bonchev–Trinajstić information content (AvgIpc) is 2.15. The first kappa shape index (κ1) is 9.78. The lowest BCUT2D eigenvalue weighted by Crippen LogP contribution is -2.01. The molecule has 70 valence electrons. The average molecular weight is 177 g/mol. The van der Waals surface area contributed by atoms with Crippen molar-refractivity contribution in [3.63, 3.8) is 0 Å². The third-order valence-corrected chi connectivity index (χ3v) is 1.59. The highest BCUT2D eigenvalue weighted by molar-refractivity contribution is 5.98. The fraction of sp³-hybridized carbons (Fsp3) is 0.364. The topological polar surface area (TPSA) is 21.6 Å². The summed E-state index contributed by atoms with van der Waals surface area (Å²) >= 11 is 0. The maximum Gasteiger partial charge on any atom is 0.122 e. The van der Waals surface area contributed by atoms with Gasteiger partial charge >= 0.3 is 0 Å². The molecular weight excluding hydrogens is 162 g/mol. The Labute approximate surface area is 79.2 Å². The van der Waals surface area contributed by atoms with Crippen molar-refractivity contribution in [2.24, 2.45) is 5.16 Å². The fourth-order valence-electron chi connectivity index (χ4n) is 0.917. The van der Waals surface area contributed by atoms with Crippen molar-refractivity contribution in [2.75, 3.05) is 0 Å². The summed E-state index contributed by atoms with van der Waals surface area (Å²) in [6.07, 6.45) is 0.138. The summed E-state index contributed by atoms with van der Waals surface area (Å²) in [7, 11) is 0. The van der Waals surface area contributed by atoms with E-state index in [0.29, 0.717) is 0 Å². The molecule has 1 aromatic carbocycles. The predicted molar refractivity (Wildman–Crippen MR) is 54.9 cm³/mol. The summed E-state index contributed by atoms with van der Waals surface area (Å²) in [6, 6.07) is 10.00. The Morgan fingerprint density at radius 3 is 2.38 bits per heavy atom. The van der Waals surface area contributed by atoms with Crippen LogP contribution in [0.5, 0.6) is 0 Å². The van der Waals surface area contributed by atoms with Gasteiger partial charge in [0.2, 0.25) is 0 Å². The van der Waals surface area contributed by atoms with E-state index in [1.807, 2.05) is 51.1 Å². The highest BCUT2D eigenvalue weighted by atomic mass is 16.6. The quantitative estimate of drug-likeness (QED) is 0.514. The second-order valence-electron chi connectivity index (χ2n) is 3.20. The zero-order valence-electron chi connectivity index (χ0n) is 8.32. The maximum absolute atomic E-state index is 5.15. The summed E-state index contributed by atoms with van der Waals surface area (Å²) in [5, 5.41) is 4.01. The Balaban J connectivity index is 2.68. The molecule has 0 bridgehead atoms. The van der Waals surface area contributed by atoms with E-state index in [9.17, 15) is 0 Å². The first-order valence-electron chi connectivity index (χ1n) is 4.46. The van der Waals surface area contributed by atoms with E-state index >= 15 is 0 Å². The molecule has 0 aliphatic heterocycles. The molecule has 0 radical (unpaired) electrons. The largest absolute Gasteiger partial charge is 0.393 e. The van der Waals surface area contributed by atoms with Gasteiger partial charge < -0.3 is 4.84 Å². The van der Waals surface area contributed by atoms with Crippen molar-refractivity contribution in [1.29, 1.82) is 0 Å². The van der Waals surface area contributed by atoms with Gasteiger partial charge in [0.1, 0.15) is 6.10 Å². The van der Waals surface area contributed by atoms with E-state index in [1.165, 1.54) is 0 Å². The Kier molecular flexibility index (Phi) is 3.50. The molecule has 0 amide bonds. The van der Waals surface area contributed by atoms with Gasteiger partial charge in [0.05, 0.1) is 5.71 Å². The van der Waals surface area contributed by atoms with Crippen molar-refractivity contribution < 1.29 is 4.84 Å². The number of hydrogen-bond acceptors (Lipinski definition) is 2. The van der Waals surface area contributed by atoms with Crippen molar-refractivity contribution >= 4 is 5.71 Å². The van der Waals surface area contributed by atoms with Gasteiger partial charge in [-0.25, -0.2) is 0 Å². The molecule has 13 heavy (non-hydrogen) atoms. The van der Waals surface area contributed by atoms with Crippen LogP contribution in [-0.2, 0) is 4.84 Å². The number of hydrogen-bond donors (Lipinski definition) is 0. The number of oxime groups is 1. The monoisotopic (exact) mass is 177 g/mol. The highest BCUT2D eigenvalue weighted by Gasteiger charge is 1.96. The molecular formula is C11H15NO. The van der Waals surface area contributed by atoms with Crippen molar-refractivity contribution in [1.82, 2.24) is 0 Å². The number of nitrogens with zero attached hydrogens (tertiary/aromatic N) is 1. The molecule has 0 fully saturated rings. The summed E-state index contributed by atoms with van der Waals surface area (Å²) in [6.45, 7) is 5.86. The zero-order chi connectivity index (χ0) is 9.68. The summed E-state index contributed by atoms with van der Waals surface area (Å²) in [4.78, 5) is 5.15. The van der Waals surface area contributed by atoms with E-state index in [2.05, 4.69) is 5.16 Å². The molecule has 1 aromatic rings. The molecule has 0 unspecified atom stereocenters. The first-order valence-corrected chi connectivity index (χ1v) is 4.46. The summed E-state index contributed by atoms with van der Waals surface area (Å²) < 4.78 is 0. The van der Waals surface area contributed by atoms with Gasteiger partial charge in [0.15, 0.2) is 0 Å². The maximum atomic E-state index is 5.15. The van der Waals surface area contributed by atoms with Gasteiger partial charge in [-0.3, -0.25) is 0 Å². The fourth-order valence-corrected chi connectivity index (χ4v) is 0.917. The molecule has 0 heterocycles. The van der Waals surface area contributed by atoms with E-state index in [0.717, 1.165) is 11.3 Å². The minimum absolute atomic E-state index is 0.138. The molecule has 0 aliphatic rings. The molecule has 2 nitrogen and oxygen atoms in total. The number of benzene rings is 1. The normalized spacial score (nSPS) is 11.8. The zero-order valence-corrected chi connectivity index (χ0v) is 8.32. The lowest BCUT2D eigenvalue weighted by atomic mass is 10.1. The Hall–Kier alpha value is -1.31. The van der Waals surface area contributed by atoms with Crippen LogP contribution >= 0.6 is 0 Å². The van der Waals surface area contributed by atoms with Crippen LogP contribution < -0.4 is 0 Å². The van der Waals surface area contributed by atoms with Gasteiger partial charge in [-0.05, 0) is 26.3 Å². The van der Waals surface area contributed by atoms with Crippen LogP contribution in [0.15, 0.2) is 35.5 Å². The minimum Gasteiger partial charge on any atom is -0.393 e. The third kappa shape index (κ3) is 3.28. The van der Waals surface area contributed by atoms with Crippen LogP contribution in [0.3, 0.4) is 0 Å². The lowest BCUT2D eigenvalue weighted by Gasteiger charge is -2.04. The van der Waals surface area contributed by atoms with E-state index in [4.69, 9.17) is 4.84 Å². The van der Waals surface area contributed by atoms with Crippen LogP contribution in [0.2, 0.25) is 0 Å². The molecule has 0 saturated carbocycles. The van der Waals surface area contributed by atoms with E-state index < -0.39 is 0 Å². The standard InChI is InChI=1S/C11H15NO/c1-9(2)13-12-10(3)11-7-5-4-6-8-11/h4-9H,1-3H3. The van der Waals surface area contributed by atoms with Crippen LogP contribution in [0.4, 0.5) is 0 Å².